The lowest BCUT2D eigenvalue weighted by Gasteiger charge is -2.10. The average molecular weight is 290 g/mol. The van der Waals surface area contributed by atoms with Crippen molar-refractivity contribution in [3.63, 3.8) is 0 Å². The van der Waals surface area contributed by atoms with Crippen molar-refractivity contribution in [2.24, 2.45) is 0 Å². The Hall–Kier alpha value is -0.760. The summed E-state index contributed by atoms with van der Waals surface area (Å²) in [5.41, 5.74) is 2.51. The maximum absolute atomic E-state index is 13.3. The lowest BCUT2D eigenvalue weighted by atomic mass is 10.0. The Balaban J connectivity index is 2.69. The number of benzene rings is 2. The van der Waals surface area contributed by atoms with Gasteiger partial charge in [-0.3, -0.25) is 0 Å². The molecule has 0 aliphatic rings. The molecule has 2 aromatic carbocycles. The second kappa shape index (κ2) is 4.85. The van der Waals surface area contributed by atoms with E-state index in [0.717, 1.165) is 11.1 Å². The molecule has 2 aromatic rings. The van der Waals surface area contributed by atoms with Crippen LogP contribution in [0.5, 0.6) is 0 Å². The van der Waals surface area contributed by atoms with E-state index in [1.54, 1.807) is 6.07 Å². The van der Waals surface area contributed by atoms with Gasteiger partial charge in [-0.25, -0.2) is 4.39 Å². The molecule has 2 rings (SSSR count). The summed E-state index contributed by atoms with van der Waals surface area (Å²) in [5, 5.41) is 0.572. The SMILES string of the molecule is Cc1cccc(Cl)c1-c1cc(Cl)c(F)c(Cl)c1. The van der Waals surface area contributed by atoms with Gasteiger partial charge in [0.05, 0.1) is 10.0 Å². The molecule has 0 atom stereocenters. The van der Waals surface area contributed by atoms with Crippen molar-refractivity contribution in [1.82, 2.24) is 0 Å². The van der Waals surface area contributed by atoms with E-state index in [-0.39, 0.29) is 10.0 Å². The highest BCUT2D eigenvalue weighted by atomic mass is 35.5. The molecule has 0 nitrogen and oxygen atoms in total. The zero-order chi connectivity index (χ0) is 12.6. The minimum absolute atomic E-state index is 0.00757. The summed E-state index contributed by atoms with van der Waals surface area (Å²) in [6.07, 6.45) is 0. The van der Waals surface area contributed by atoms with Crippen LogP contribution in [-0.2, 0) is 0 Å². The van der Waals surface area contributed by atoms with Crippen molar-refractivity contribution >= 4 is 34.8 Å². The fourth-order valence-electron chi connectivity index (χ4n) is 1.70. The largest absolute Gasteiger partial charge is 0.204 e. The van der Waals surface area contributed by atoms with Crippen molar-refractivity contribution in [3.05, 3.63) is 56.8 Å². The molecule has 0 amide bonds. The third-order valence-corrected chi connectivity index (χ3v) is 3.36. The Labute approximate surface area is 114 Å². The summed E-state index contributed by atoms with van der Waals surface area (Å²) >= 11 is 17.7. The lowest BCUT2D eigenvalue weighted by Crippen LogP contribution is -1.87. The highest BCUT2D eigenvalue weighted by Gasteiger charge is 2.12. The van der Waals surface area contributed by atoms with Crippen LogP contribution in [0.3, 0.4) is 0 Å². The van der Waals surface area contributed by atoms with Gasteiger partial charge in [0.25, 0.3) is 0 Å². The van der Waals surface area contributed by atoms with Crippen molar-refractivity contribution < 1.29 is 4.39 Å². The molecule has 0 aromatic heterocycles. The second-order valence-corrected chi connectivity index (χ2v) is 4.91. The quantitative estimate of drug-likeness (QED) is 0.585. The summed E-state index contributed by atoms with van der Waals surface area (Å²) in [5.74, 6) is -0.609. The van der Waals surface area contributed by atoms with Crippen molar-refractivity contribution in [2.75, 3.05) is 0 Å². The van der Waals surface area contributed by atoms with Crippen LogP contribution in [0.25, 0.3) is 11.1 Å². The van der Waals surface area contributed by atoms with Gasteiger partial charge in [-0.2, -0.15) is 0 Å². The number of halogens is 4. The van der Waals surface area contributed by atoms with Crippen LogP contribution in [0, 0.1) is 12.7 Å². The minimum atomic E-state index is -0.609. The fraction of sp³-hybridized carbons (Fsp3) is 0.0769. The summed E-state index contributed by atoms with van der Waals surface area (Å²) in [4.78, 5) is 0. The van der Waals surface area contributed by atoms with Gasteiger partial charge in [0, 0.05) is 10.6 Å². The van der Waals surface area contributed by atoms with E-state index < -0.39 is 5.82 Å². The minimum Gasteiger partial charge on any atom is -0.204 e. The lowest BCUT2D eigenvalue weighted by molar-refractivity contribution is 0.629. The zero-order valence-electron chi connectivity index (χ0n) is 8.90. The Morgan fingerprint density at radius 1 is 0.941 bits per heavy atom. The second-order valence-electron chi connectivity index (χ2n) is 3.69. The average Bonchev–Trinajstić information content (AvgIpc) is 2.25. The summed E-state index contributed by atoms with van der Waals surface area (Å²) in [6, 6.07) is 8.60. The summed E-state index contributed by atoms with van der Waals surface area (Å²) in [6.45, 7) is 1.92. The van der Waals surface area contributed by atoms with E-state index in [4.69, 9.17) is 34.8 Å². The highest BCUT2D eigenvalue weighted by Crippen LogP contribution is 2.35. The highest BCUT2D eigenvalue weighted by molar-refractivity contribution is 6.36. The van der Waals surface area contributed by atoms with E-state index in [1.807, 2.05) is 19.1 Å². The molecule has 0 bridgehead atoms. The molecule has 0 aliphatic heterocycles. The van der Waals surface area contributed by atoms with Crippen LogP contribution < -0.4 is 0 Å². The van der Waals surface area contributed by atoms with Gasteiger partial charge in [0.15, 0.2) is 5.82 Å². The zero-order valence-corrected chi connectivity index (χ0v) is 11.2. The summed E-state index contributed by atoms with van der Waals surface area (Å²) in [7, 11) is 0. The Kier molecular flexibility index (Phi) is 3.62. The molecule has 0 N–H and O–H groups in total. The molecule has 17 heavy (non-hydrogen) atoms. The van der Waals surface area contributed by atoms with Gasteiger partial charge in [-0.1, -0.05) is 46.9 Å². The van der Waals surface area contributed by atoms with Crippen molar-refractivity contribution in [3.8, 4) is 11.1 Å². The maximum atomic E-state index is 13.3. The topological polar surface area (TPSA) is 0 Å². The third-order valence-electron chi connectivity index (χ3n) is 2.49. The van der Waals surface area contributed by atoms with Gasteiger partial charge in [-0.15, -0.1) is 0 Å². The molecule has 0 saturated heterocycles. The van der Waals surface area contributed by atoms with E-state index in [2.05, 4.69) is 0 Å². The van der Waals surface area contributed by atoms with Gasteiger partial charge >= 0.3 is 0 Å². The molecular formula is C13H8Cl3F. The number of hydrogen-bond donors (Lipinski definition) is 0. The molecule has 0 heterocycles. The molecule has 0 radical (unpaired) electrons. The molecule has 0 fully saturated rings. The number of rotatable bonds is 1. The molecule has 0 aliphatic carbocycles. The molecule has 0 unspecified atom stereocenters. The number of hydrogen-bond acceptors (Lipinski definition) is 0. The molecule has 4 heteroatoms. The van der Waals surface area contributed by atoms with Gasteiger partial charge in [-0.05, 0) is 36.2 Å². The molecular weight excluding hydrogens is 282 g/mol. The maximum Gasteiger partial charge on any atom is 0.160 e. The Bertz CT molecular complexity index is 536. The molecule has 0 saturated carbocycles. The Morgan fingerprint density at radius 3 is 2.06 bits per heavy atom. The predicted octanol–water partition coefficient (Wildman–Crippen LogP) is 5.76. The molecule has 88 valence electrons. The van der Waals surface area contributed by atoms with Crippen LogP contribution >= 0.6 is 34.8 Å². The smallest absolute Gasteiger partial charge is 0.160 e. The summed E-state index contributed by atoms with van der Waals surface area (Å²) < 4.78 is 13.3. The fourth-order valence-corrected chi connectivity index (χ4v) is 2.52. The van der Waals surface area contributed by atoms with Crippen LogP contribution in [0.15, 0.2) is 30.3 Å². The predicted molar refractivity (Wildman–Crippen MR) is 71.6 cm³/mol. The van der Waals surface area contributed by atoms with Crippen LogP contribution in [0.1, 0.15) is 5.56 Å². The van der Waals surface area contributed by atoms with Gasteiger partial charge < -0.3 is 0 Å². The van der Waals surface area contributed by atoms with Crippen LogP contribution in [-0.4, -0.2) is 0 Å². The van der Waals surface area contributed by atoms with Gasteiger partial charge in [0.1, 0.15) is 0 Å². The van der Waals surface area contributed by atoms with Crippen molar-refractivity contribution in [2.45, 2.75) is 6.92 Å². The molecule has 0 spiro atoms. The van der Waals surface area contributed by atoms with Crippen molar-refractivity contribution in [1.29, 1.82) is 0 Å². The third kappa shape index (κ3) is 2.42. The first kappa shape index (κ1) is 12.7. The Morgan fingerprint density at radius 2 is 1.53 bits per heavy atom. The normalized spacial score (nSPS) is 10.6. The van der Waals surface area contributed by atoms with Crippen LogP contribution in [0.2, 0.25) is 15.1 Å². The first-order valence-electron chi connectivity index (χ1n) is 4.90. The first-order chi connectivity index (χ1) is 8.00. The monoisotopic (exact) mass is 288 g/mol. The van der Waals surface area contributed by atoms with Crippen LogP contribution in [0.4, 0.5) is 4.39 Å². The van der Waals surface area contributed by atoms with E-state index >= 15 is 0 Å². The van der Waals surface area contributed by atoms with E-state index in [1.165, 1.54) is 12.1 Å². The van der Waals surface area contributed by atoms with E-state index in [0.29, 0.717) is 10.6 Å². The van der Waals surface area contributed by atoms with Gasteiger partial charge in [0.2, 0.25) is 0 Å². The first-order valence-corrected chi connectivity index (χ1v) is 6.04. The standard InChI is InChI=1S/C13H8Cl3F/c1-7-3-2-4-9(14)12(7)8-5-10(15)13(17)11(16)6-8/h2-6H,1H3. The van der Waals surface area contributed by atoms with E-state index in [9.17, 15) is 4.39 Å². The number of aryl methyl sites for hydroxylation is 1.